The van der Waals surface area contributed by atoms with Crippen molar-refractivity contribution >= 4 is 23.9 Å². The molecule has 0 amide bonds. The molecule has 0 radical (unpaired) electrons. The van der Waals surface area contributed by atoms with E-state index in [0.717, 1.165) is 142 Å². The molecule has 5 heterocycles. The van der Waals surface area contributed by atoms with Crippen molar-refractivity contribution < 1.29 is 58.6 Å². The number of rotatable bonds is 32. The Hall–Kier alpha value is -8.92. The van der Waals surface area contributed by atoms with Gasteiger partial charge in [-0.2, -0.15) is 0 Å². The van der Waals surface area contributed by atoms with Crippen LogP contribution in [-0.4, -0.2) is 90.7 Å². The molecule has 1 aliphatic rings. The van der Waals surface area contributed by atoms with E-state index in [9.17, 15) is 19.2 Å². The number of hydrogen-bond donors (Lipinski definition) is 8. The van der Waals surface area contributed by atoms with Crippen molar-refractivity contribution in [3.05, 3.63) is 213 Å². The van der Waals surface area contributed by atoms with Gasteiger partial charge in [0.25, 0.3) is 0 Å². The number of carboxylic acid groups (broad SMARTS) is 4. The van der Waals surface area contributed by atoms with Crippen molar-refractivity contribution in [2.24, 2.45) is 0 Å². The predicted molar refractivity (Wildman–Crippen MR) is 338 cm³/mol. The minimum absolute atomic E-state index is 0.140. The summed E-state index contributed by atoms with van der Waals surface area (Å²) in [4.78, 5) is 60.6. The van der Waals surface area contributed by atoms with Gasteiger partial charge in [0.1, 0.15) is 23.0 Å². The molecule has 4 aromatic heterocycles. The topological polar surface area (TPSA) is 249 Å². The average molecular weight is 1200 g/mol. The fourth-order valence-electron chi connectivity index (χ4n) is 12.3. The third-order valence-corrected chi connectivity index (χ3v) is 18.0. The van der Waals surface area contributed by atoms with E-state index in [2.05, 4.69) is 145 Å². The molecule has 88 heavy (non-hydrogen) atoms. The first kappa shape index (κ1) is 63.6. The summed E-state index contributed by atoms with van der Waals surface area (Å²) in [5, 5.41) is 36.5. The average Bonchev–Trinajstić information content (AvgIpc) is 1.63. The maximum absolute atomic E-state index is 11.1. The molecular formula is C72H84N4O12. The number of ether oxygens (including phenoxy) is 4. The van der Waals surface area contributed by atoms with Gasteiger partial charge in [0.15, 0.2) is 0 Å². The van der Waals surface area contributed by atoms with Crippen LogP contribution in [-0.2, 0) is 40.8 Å². The van der Waals surface area contributed by atoms with Crippen LogP contribution in [0.2, 0.25) is 0 Å². The largest absolute Gasteiger partial charge is 0.494 e. The fourth-order valence-corrected chi connectivity index (χ4v) is 12.3. The normalized spacial score (nSPS) is 18.8. The summed E-state index contributed by atoms with van der Waals surface area (Å²) in [7, 11) is 0. The van der Waals surface area contributed by atoms with Gasteiger partial charge in [-0.25, -0.2) is 0 Å². The van der Waals surface area contributed by atoms with Crippen molar-refractivity contribution in [1.29, 1.82) is 0 Å². The Kier molecular flexibility index (Phi) is 20.8. The lowest BCUT2D eigenvalue weighted by atomic mass is 9.76. The van der Waals surface area contributed by atoms with E-state index in [-0.39, 0.29) is 25.7 Å². The Labute approximate surface area is 515 Å². The number of aromatic nitrogens is 4. The molecule has 0 saturated heterocycles. The Morgan fingerprint density at radius 2 is 0.443 bits per heavy atom. The van der Waals surface area contributed by atoms with Crippen LogP contribution < -0.4 is 18.9 Å². The highest BCUT2D eigenvalue weighted by Gasteiger charge is 2.44. The zero-order chi connectivity index (χ0) is 62.3. The highest BCUT2D eigenvalue weighted by Crippen LogP contribution is 2.48. The summed E-state index contributed by atoms with van der Waals surface area (Å²) < 4.78 is 24.9. The van der Waals surface area contributed by atoms with Crippen molar-refractivity contribution in [3.63, 3.8) is 0 Å². The molecule has 16 heteroatoms. The summed E-state index contributed by atoms with van der Waals surface area (Å²) in [6, 6.07) is 50.5. The van der Waals surface area contributed by atoms with Gasteiger partial charge in [0, 0.05) is 71.2 Å². The molecule has 0 atom stereocenters. The molecule has 8 N–H and O–H groups in total. The minimum atomic E-state index is -0.800. The number of carbonyl (C=O) groups is 4. The summed E-state index contributed by atoms with van der Waals surface area (Å²) in [5.41, 5.74) is 8.36. The molecule has 8 bridgehead atoms. The Morgan fingerprint density at radius 3 is 0.602 bits per heavy atom. The van der Waals surface area contributed by atoms with E-state index >= 15 is 0 Å². The lowest BCUT2D eigenvalue weighted by Crippen LogP contribution is -2.32. The number of fused-ring (bicyclic) bond motifs is 8. The van der Waals surface area contributed by atoms with Gasteiger partial charge < -0.3 is 59.3 Å². The zero-order valence-corrected chi connectivity index (χ0v) is 51.1. The number of H-pyrrole nitrogens is 4. The number of aromatic amines is 4. The van der Waals surface area contributed by atoms with Crippen molar-refractivity contribution in [2.45, 2.75) is 152 Å². The Morgan fingerprint density at radius 1 is 0.273 bits per heavy atom. The SMILES string of the molecule is CC1(c2ccc(OCCCCCC(=O)O)cc2)c2ccc([nH]2)C(C)(c2ccc(OCCCCCC(=O)O)cc2)c2ccc([nH]2)C(C)(c2ccc(OCCCCCC(=O)O)cc2)c2ccc([nH]2)C(C)(c2ccc(OCCCCCC(=O)O)cc2)c2ccc1[nH]2. The van der Waals surface area contributed by atoms with Crippen LogP contribution in [0.3, 0.4) is 0 Å². The first-order chi connectivity index (χ1) is 42.4. The molecule has 4 aromatic carbocycles. The van der Waals surface area contributed by atoms with Gasteiger partial charge in [-0.05, 0) is 224 Å². The van der Waals surface area contributed by atoms with E-state index in [1.807, 2.05) is 48.5 Å². The predicted octanol–water partition coefficient (Wildman–Crippen LogP) is 14.8. The fraction of sp³-hybridized carbons (Fsp3) is 0.389. The summed E-state index contributed by atoms with van der Waals surface area (Å²) in [5.74, 6) is -0.296. The summed E-state index contributed by atoms with van der Waals surface area (Å²) in [6.45, 7) is 10.8. The molecule has 0 aliphatic carbocycles. The third-order valence-electron chi connectivity index (χ3n) is 18.0. The minimum Gasteiger partial charge on any atom is -0.494 e. The monoisotopic (exact) mass is 1200 g/mol. The lowest BCUT2D eigenvalue weighted by molar-refractivity contribution is -0.138. The summed E-state index contributed by atoms with van der Waals surface area (Å²) >= 11 is 0. The number of unbranched alkanes of at least 4 members (excludes halogenated alkanes) is 8. The third kappa shape index (κ3) is 14.6. The second-order valence-corrected chi connectivity index (χ2v) is 24.0. The van der Waals surface area contributed by atoms with E-state index in [1.165, 1.54) is 0 Å². The van der Waals surface area contributed by atoms with E-state index in [4.69, 9.17) is 39.4 Å². The van der Waals surface area contributed by atoms with Gasteiger partial charge in [0.05, 0.1) is 48.1 Å². The maximum atomic E-state index is 11.1. The quantitative estimate of drug-likeness (QED) is 0.0183. The first-order valence-corrected chi connectivity index (χ1v) is 31.0. The number of nitrogens with one attached hydrogen (secondary N) is 4. The molecule has 16 nitrogen and oxygen atoms in total. The molecule has 1 aliphatic heterocycles. The van der Waals surface area contributed by atoms with Crippen LogP contribution in [0.15, 0.2) is 146 Å². The molecular weight excluding hydrogens is 1110 g/mol. The van der Waals surface area contributed by atoms with Gasteiger partial charge in [-0.1, -0.05) is 48.5 Å². The number of carboxylic acids is 4. The molecule has 8 aromatic rings. The smallest absolute Gasteiger partial charge is 0.303 e. The second-order valence-electron chi connectivity index (χ2n) is 24.0. The van der Waals surface area contributed by atoms with Crippen molar-refractivity contribution in [1.82, 2.24) is 19.9 Å². The van der Waals surface area contributed by atoms with Gasteiger partial charge in [-0.3, -0.25) is 19.2 Å². The number of aliphatic carboxylic acids is 4. The van der Waals surface area contributed by atoms with E-state index < -0.39 is 45.5 Å². The van der Waals surface area contributed by atoms with Gasteiger partial charge >= 0.3 is 23.9 Å². The van der Waals surface area contributed by atoms with Crippen LogP contribution in [0, 0.1) is 0 Å². The Bertz CT molecular complexity index is 3030. The molecule has 0 spiro atoms. The van der Waals surface area contributed by atoms with Crippen LogP contribution in [0.4, 0.5) is 0 Å². The first-order valence-electron chi connectivity index (χ1n) is 31.0. The van der Waals surface area contributed by atoms with Crippen molar-refractivity contribution in [3.8, 4) is 23.0 Å². The van der Waals surface area contributed by atoms with Crippen LogP contribution in [0.1, 0.15) is 198 Å². The Balaban J connectivity index is 1.16. The maximum Gasteiger partial charge on any atom is 0.303 e. The highest BCUT2D eigenvalue weighted by atomic mass is 16.5. The zero-order valence-electron chi connectivity index (χ0n) is 51.1. The van der Waals surface area contributed by atoms with Crippen molar-refractivity contribution in [2.75, 3.05) is 26.4 Å². The lowest BCUT2D eigenvalue weighted by Gasteiger charge is -2.34. The standard InChI is InChI=1S/C72H84N4O12/c1-69(49-21-29-53(30-22-49)85-45-13-5-9-17-65(77)78)57-37-39-59(73-57)70(2,50-23-31-54(32-24-50)86-46-14-6-10-18-66(79)80)61-41-43-63(75-61)72(4,52-27-35-56(36-28-52)88-48-16-8-12-20-68(83)84)64-44-42-62(76-64)71(3,60-40-38-58(69)74-60)51-25-33-55(34-26-51)87-47-15-7-11-19-67(81)82/h21-44,73-76H,5-20,45-48H2,1-4H3,(H,77,78)(H,79,80)(H,81,82)(H,83,84). The molecule has 0 unspecified atom stereocenters. The molecule has 9 rings (SSSR count). The van der Waals surface area contributed by atoms with Gasteiger partial charge in [0.2, 0.25) is 0 Å². The van der Waals surface area contributed by atoms with E-state index in [0.29, 0.717) is 52.1 Å². The van der Waals surface area contributed by atoms with Crippen LogP contribution >= 0.6 is 0 Å². The van der Waals surface area contributed by atoms with Crippen LogP contribution in [0.25, 0.3) is 0 Å². The molecule has 0 saturated carbocycles. The molecule has 464 valence electrons. The van der Waals surface area contributed by atoms with Gasteiger partial charge in [-0.15, -0.1) is 0 Å². The number of benzene rings is 4. The molecule has 0 fully saturated rings. The van der Waals surface area contributed by atoms with E-state index in [1.54, 1.807) is 0 Å². The number of hydrogen-bond acceptors (Lipinski definition) is 8. The second kappa shape index (κ2) is 28.7. The highest BCUT2D eigenvalue weighted by molar-refractivity contribution is 5.67. The van der Waals surface area contributed by atoms with Crippen LogP contribution in [0.5, 0.6) is 23.0 Å². The summed E-state index contributed by atoms with van der Waals surface area (Å²) in [6.07, 6.45) is 8.96.